The van der Waals surface area contributed by atoms with Gasteiger partial charge in [-0.05, 0) is 36.3 Å². The molecule has 1 fully saturated rings. The number of hydrogen-bond donors (Lipinski definition) is 0. The third kappa shape index (κ3) is 1.76. The van der Waals surface area contributed by atoms with Gasteiger partial charge in [0.05, 0.1) is 0 Å². The van der Waals surface area contributed by atoms with E-state index in [0.29, 0.717) is 0 Å². The van der Waals surface area contributed by atoms with Crippen molar-refractivity contribution in [2.75, 3.05) is 0 Å². The standard InChI is InChI=1S/C16H16/c1-12-7-9-14(10-8-12)16-11-15(16)13-5-3-2-4-6-13/h2-10,15-16H,11H2,1H3/t15-,16-/m1/s1. The molecule has 2 atom stereocenters. The van der Waals surface area contributed by atoms with Crippen LogP contribution in [0.3, 0.4) is 0 Å². The Balaban J connectivity index is 1.79. The van der Waals surface area contributed by atoms with E-state index in [4.69, 9.17) is 0 Å². The Morgan fingerprint density at radius 3 is 1.94 bits per heavy atom. The highest BCUT2D eigenvalue weighted by molar-refractivity contribution is 5.37. The molecule has 0 amide bonds. The lowest BCUT2D eigenvalue weighted by Crippen LogP contribution is -1.84. The smallest absolute Gasteiger partial charge is 0.00868 e. The van der Waals surface area contributed by atoms with Gasteiger partial charge in [-0.1, -0.05) is 60.2 Å². The summed E-state index contributed by atoms with van der Waals surface area (Å²) in [6, 6.07) is 19.9. The van der Waals surface area contributed by atoms with Crippen LogP contribution in [-0.4, -0.2) is 0 Å². The van der Waals surface area contributed by atoms with Crippen LogP contribution in [0.2, 0.25) is 0 Å². The van der Waals surface area contributed by atoms with Gasteiger partial charge in [-0.15, -0.1) is 0 Å². The second kappa shape index (κ2) is 3.79. The first kappa shape index (κ1) is 9.65. The molecular formula is C16H16. The zero-order valence-corrected chi connectivity index (χ0v) is 9.56. The van der Waals surface area contributed by atoms with Gasteiger partial charge in [0.15, 0.2) is 0 Å². The van der Waals surface area contributed by atoms with Gasteiger partial charge in [-0.2, -0.15) is 0 Å². The summed E-state index contributed by atoms with van der Waals surface area (Å²) >= 11 is 0. The fourth-order valence-electron chi connectivity index (χ4n) is 2.45. The molecule has 0 aliphatic heterocycles. The quantitative estimate of drug-likeness (QED) is 0.691. The fourth-order valence-corrected chi connectivity index (χ4v) is 2.45. The highest BCUT2D eigenvalue weighted by atomic mass is 14.4. The molecule has 0 spiro atoms. The normalized spacial score (nSPS) is 23.1. The van der Waals surface area contributed by atoms with E-state index in [1.54, 1.807) is 0 Å². The maximum absolute atomic E-state index is 2.28. The number of hydrogen-bond acceptors (Lipinski definition) is 0. The predicted molar refractivity (Wildman–Crippen MR) is 67.7 cm³/mol. The topological polar surface area (TPSA) is 0 Å². The summed E-state index contributed by atoms with van der Waals surface area (Å²) in [4.78, 5) is 0. The lowest BCUT2D eigenvalue weighted by Gasteiger charge is -2.01. The molecular weight excluding hydrogens is 192 g/mol. The largest absolute Gasteiger partial charge is 0.0622 e. The average molecular weight is 208 g/mol. The number of benzene rings is 2. The van der Waals surface area contributed by atoms with Gasteiger partial charge in [0.2, 0.25) is 0 Å². The summed E-state index contributed by atoms with van der Waals surface area (Å²) in [6.45, 7) is 2.14. The molecule has 0 heteroatoms. The Labute approximate surface area is 96.9 Å². The van der Waals surface area contributed by atoms with Gasteiger partial charge in [0, 0.05) is 0 Å². The summed E-state index contributed by atoms with van der Waals surface area (Å²) in [5, 5.41) is 0. The van der Waals surface area contributed by atoms with Crippen LogP contribution in [0, 0.1) is 6.92 Å². The Morgan fingerprint density at radius 2 is 1.31 bits per heavy atom. The molecule has 16 heavy (non-hydrogen) atoms. The Morgan fingerprint density at radius 1 is 0.750 bits per heavy atom. The third-order valence-electron chi connectivity index (χ3n) is 3.52. The molecule has 1 saturated carbocycles. The Hall–Kier alpha value is -1.56. The maximum Gasteiger partial charge on any atom is -0.00868 e. The van der Waals surface area contributed by atoms with Crippen LogP contribution in [0.1, 0.15) is 34.9 Å². The van der Waals surface area contributed by atoms with Crippen molar-refractivity contribution in [2.24, 2.45) is 0 Å². The zero-order chi connectivity index (χ0) is 11.0. The molecule has 3 rings (SSSR count). The SMILES string of the molecule is Cc1ccc([C@H]2C[C@@H]2c2ccccc2)cc1. The minimum absolute atomic E-state index is 0.753. The van der Waals surface area contributed by atoms with Gasteiger partial charge < -0.3 is 0 Å². The van der Waals surface area contributed by atoms with Crippen molar-refractivity contribution in [3.63, 3.8) is 0 Å². The summed E-state index contributed by atoms with van der Waals surface area (Å²) in [7, 11) is 0. The maximum atomic E-state index is 2.28. The third-order valence-corrected chi connectivity index (χ3v) is 3.52. The van der Waals surface area contributed by atoms with E-state index in [9.17, 15) is 0 Å². The van der Waals surface area contributed by atoms with Crippen molar-refractivity contribution in [3.8, 4) is 0 Å². The number of aryl methyl sites for hydroxylation is 1. The lowest BCUT2D eigenvalue weighted by molar-refractivity contribution is 1.02. The Bertz CT molecular complexity index is 467. The van der Waals surface area contributed by atoms with Gasteiger partial charge in [0.25, 0.3) is 0 Å². The molecule has 0 unspecified atom stereocenters. The van der Waals surface area contributed by atoms with E-state index in [0.717, 1.165) is 11.8 Å². The first-order valence-corrected chi connectivity index (χ1v) is 5.96. The molecule has 80 valence electrons. The lowest BCUT2D eigenvalue weighted by atomic mass is 10.0. The summed E-state index contributed by atoms with van der Waals surface area (Å²) in [6.07, 6.45) is 1.31. The minimum Gasteiger partial charge on any atom is -0.0622 e. The zero-order valence-electron chi connectivity index (χ0n) is 9.56. The van der Waals surface area contributed by atoms with Crippen LogP contribution >= 0.6 is 0 Å². The van der Waals surface area contributed by atoms with Gasteiger partial charge in [-0.3, -0.25) is 0 Å². The van der Waals surface area contributed by atoms with Crippen molar-refractivity contribution in [1.29, 1.82) is 0 Å². The molecule has 1 aliphatic carbocycles. The average Bonchev–Trinajstić information content (AvgIpc) is 3.11. The van der Waals surface area contributed by atoms with E-state index >= 15 is 0 Å². The van der Waals surface area contributed by atoms with Crippen LogP contribution in [0.5, 0.6) is 0 Å². The Kier molecular flexibility index (Phi) is 2.28. The molecule has 2 aromatic rings. The van der Waals surface area contributed by atoms with Crippen LogP contribution in [-0.2, 0) is 0 Å². The molecule has 0 saturated heterocycles. The molecule has 0 nitrogen and oxygen atoms in total. The first-order chi connectivity index (χ1) is 7.84. The molecule has 1 aliphatic rings. The van der Waals surface area contributed by atoms with E-state index in [-0.39, 0.29) is 0 Å². The van der Waals surface area contributed by atoms with Gasteiger partial charge in [-0.25, -0.2) is 0 Å². The second-order valence-electron chi connectivity index (χ2n) is 4.77. The second-order valence-corrected chi connectivity index (χ2v) is 4.77. The fraction of sp³-hybridized carbons (Fsp3) is 0.250. The highest BCUT2D eigenvalue weighted by Crippen LogP contribution is 2.54. The van der Waals surface area contributed by atoms with Crippen molar-refractivity contribution in [1.82, 2.24) is 0 Å². The predicted octanol–water partition coefficient (Wildman–Crippen LogP) is 4.27. The van der Waals surface area contributed by atoms with E-state index in [1.807, 2.05) is 0 Å². The van der Waals surface area contributed by atoms with Gasteiger partial charge in [0.1, 0.15) is 0 Å². The minimum atomic E-state index is 0.753. The van der Waals surface area contributed by atoms with Crippen LogP contribution < -0.4 is 0 Å². The molecule has 0 bridgehead atoms. The molecule has 2 aromatic carbocycles. The molecule has 0 heterocycles. The van der Waals surface area contributed by atoms with Crippen molar-refractivity contribution in [2.45, 2.75) is 25.2 Å². The van der Waals surface area contributed by atoms with E-state index in [1.165, 1.54) is 23.1 Å². The summed E-state index contributed by atoms with van der Waals surface area (Å²) in [5.41, 5.74) is 4.34. The monoisotopic (exact) mass is 208 g/mol. The highest BCUT2D eigenvalue weighted by Gasteiger charge is 2.38. The van der Waals surface area contributed by atoms with E-state index < -0.39 is 0 Å². The first-order valence-electron chi connectivity index (χ1n) is 5.96. The van der Waals surface area contributed by atoms with Crippen LogP contribution in [0.15, 0.2) is 54.6 Å². The van der Waals surface area contributed by atoms with Crippen LogP contribution in [0.25, 0.3) is 0 Å². The van der Waals surface area contributed by atoms with Gasteiger partial charge >= 0.3 is 0 Å². The van der Waals surface area contributed by atoms with Crippen LogP contribution in [0.4, 0.5) is 0 Å². The van der Waals surface area contributed by atoms with E-state index in [2.05, 4.69) is 61.5 Å². The summed E-state index contributed by atoms with van der Waals surface area (Å²) < 4.78 is 0. The van der Waals surface area contributed by atoms with Crippen molar-refractivity contribution < 1.29 is 0 Å². The molecule has 0 aromatic heterocycles. The summed E-state index contributed by atoms with van der Waals surface area (Å²) in [5.74, 6) is 1.51. The molecule has 0 radical (unpaired) electrons. The van der Waals surface area contributed by atoms with Crippen molar-refractivity contribution >= 4 is 0 Å². The number of rotatable bonds is 2. The van der Waals surface area contributed by atoms with Crippen molar-refractivity contribution in [3.05, 3.63) is 71.3 Å². The molecule has 0 N–H and O–H groups in total.